The molecule has 0 bridgehead atoms. The zero-order valence-electron chi connectivity index (χ0n) is 24.0. The van der Waals surface area contributed by atoms with Crippen LogP contribution in [0.3, 0.4) is 0 Å². The van der Waals surface area contributed by atoms with Crippen molar-refractivity contribution in [2.75, 3.05) is 31.5 Å². The second kappa shape index (κ2) is 12.3. The van der Waals surface area contributed by atoms with Gasteiger partial charge in [0.1, 0.15) is 0 Å². The van der Waals surface area contributed by atoms with Gasteiger partial charge in [0.25, 0.3) is 5.91 Å². The number of benzene rings is 2. The van der Waals surface area contributed by atoms with Gasteiger partial charge in [0.2, 0.25) is 17.6 Å². The molecular formula is C32H41N5O3. The van der Waals surface area contributed by atoms with Crippen molar-refractivity contribution >= 4 is 17.5 Å². The van der Waals surface area contributed by atoms with E-state index < -0.39 is 0 Å². The van der Waals surface area contributed by atoms with Crippen LogP contribution in [0, 0.1) is 5.92 Å². The van der Waals surface area contributed by atoms with Crippen molar-refractivity contribution in [1.29, 1.82) is 0 Å². The average Bonchev–Trinajstić information content (AvgIpc) is 3.24. The number of rotatable bonds is 6. The number of carbonyl (C=O) groups excluding carboxylic acids is 2. The Hall–Kier alpha value is -3.52. The summed E-state index contributed by atoms with van der Waals surface area (Å²) in [6.07, 6.45) is 5.88. The molecule has 5 rings (SSSR count). The van der Waals surface area contributed by atoms with Gasteiger partial charge in [-0.3, -0.25) is 14.5 Å². The molecule has 0 saturated carbocycles. The van der Waals surface area contributed by atoms with Crippen LogP contribution in [0.5, 0.6) is 0 Å². The molecule has 2 fully saturated rings. The molecule has 2 aliphatic rings. The van der Waals surface area contributed by atoms with E-state index in [1.54, 1.807) is 0 Å². The van der Waals surface area contributed by atoms with E-state index in [1.165, 1.54) is 18.4 Å². The Morgan fingerprint density at radius 1 is 0.925 bits per heavy atom. The number of aromatic nitrogens is 2. The van der Waals surface area contributed by atoms with Gasteiger partial charge < -0.3 is 14.7 Å². The van der Waals surface area contributed by atoms with E-state index in [0.717, 1.165) is 57.4 Å². The summed E-state index contributed by atoms with van der Waals surface area (Å²) in [7, 11) is 0. The Morgan fingerprint density at radius 3 is 2.27 bits per heavy atom. The third kappa shape index (κ3) is 6.78. The molecule has 0 aliphatic carbocycles. The highest BCUT2D eigenvalue weighted by Gasteiger charge is 2.28. The summed E-state index contributed by atoms with van der Waals surface area (Å²) in [6, 6.07) is 15.7. The fourth-order valence-corrected chi connectivity index (χ4v) is 5.56. The molecule has 3 aromatic rings. The molecule has 40 heavy (non-hydrogen) atoms. The average molecular weight is 544 g/mol. The van der Waals surface area contributed by atoms with Crippen LogP contribution in [0.2, 0.25) is 0 Å². The van der Waals surface area contributed by atoms with Gasteiger partial charge in [0.15, 0.2) is 0 Å². The van der Waals surface area contributed by atoms with E-state index >= 15 is 0 Å². The fraction of sp³-hybridized carbons (Fsp3) is 0.500. The predicted octanol–water partition coefficient (Wildman–Crippen LogP) is 5.90. The van der Waals surface area contributed by atoms with Crippen molar-refractivity contribution in [3.8, 4) is 11.4 Å². The van der Waals surface area contributed by atoms with Crippen molar-refractivity contribution in [3.05, 3.63) is 65.5 Å². The number of anilines is 1. The standard InChI is InChI=1S/C32H41N5O3/c1-32(2,3)25-14-12-23(13-15-25)29-34-28(40-35-29)22-36-20-16-24(17-21-36)30(38)33-27-11-7-6-10-26(27)31(39)37-18-8-4-5-9-19-37/h6-7,10-15,24H,4-5,8-9,16-22H2,1-3H3,(H,33,38). The van der Waals surface area contributed by atoms with Gasteiger partial charge in [-0.05, 0) is 61.9 Å². The van der Waals surface area contributed by atoms with Gasteiger partial charge in [-0.1, -0.05) is 75.2 Å². The van der Waals surface area contributed by atoms with Crippen LogP contribution in [0.25, 0.3) is 11.4 Å². The lowest BCUT2D eigenvalue weighted by molar-refractivity contribution is -0.121. The molecule has 0 atom stereocenters. The summed E-state index contributed by atoms with van der Waals surface area (Å²) in [6.45, 7) is 10.2. The first kappa shape index (κ1) is 28.0. The number of amides is 2. The quantitative estimate of drug-likeness (QED) is 0.416. The SMILES string of the molecule is CC(C)(C)c1ccc(-c2noc(CN3CCC(C(=O)Nc4ccccc4C(=O)N4CCCCCC4)CC3)n2)cc1. The van der Waals surface area contributed by atoms with Crippen LogP contribution in [0.1, 0.15) is 81.1 Å². The van der Waals surface area contributed by atoms with Crippen LogP contribution in [-0.4, -0.2) is 57.9 Å². The minimum absolute atomic E-state index is 0.0108. The van der Waals surface area contributed by atoms with E-state index in [4.69, 9.17) is 4.52 Å². The highest BCUT2D eigenvalue weighted by molar-refractivity contribution is 6.04. The first-order valence-electron chi connectivity index (χ1n) is 14.6. The van der Waals surface area contributed by atoms with Gasteiger partial charge in [0.05, 0.1) is 17.8 Å². The maximum atomic E-state index is 13.2. The molecule has 8 nitrogen and oxygen atoms in total. The molecule has 3 heterocycles. The molecule has 0 unspecified atom stereocenters. The molecule has 0 radical (unpaired) electrons. The Morgan fingerprint density at radius 2 is 1.60 bits per heavy atom. The largest absolute Gasteiger partial charge is 0.339 e. The molecule has 2 amide bonds. The van der Waals surface area contributed by atoms with Gasteiger partial charge in [-0.25, -0.2) is 0 Å². The van der Waals surface area contributed by atoms with Crippen molar-refractivity contribution in [2.45, 2.75) is 71.3 Å². The molecule has 0 spiro atoms. The summed E-state index contributed by atoms with van der Waals surface area (Å²) >= 11 is 0. The summed E-state index contributed by atoms with van der Waals surface area (Å²) in [5.74, 6) is 1.07. The van der Waals surface area contributed by atoms with E-state index in [0.29, 0.717) is 29.5 Å². The maximum absolute atomic E-state index is 13.2. The van der Waals surface area contributed by atoms with Gasteiger partial charge >= 0.3 is 0 Å². The smallest absolute Gasteiger partial charge is 0.255 e. The van der Waals surface area contributed by atoms with Crippen LogP contribution < -0.4 is 5.32 Å². The number of nitrogens with one attached hydrogen (secondary N) is 1. The maximum Gasteiger partial charge on any atom is 0.255 e. The minimum atomic E-state index is -0.0998. The molecule has 2 aromatic carbocycles. The number of nitrogens with zero attached hydrogens (tertiary/aromatic N) is 4. The lowest BCUT2D eigenvalue weighted by Gasteiger charge is -2.30. The fourth-order valence-electron chi connectivity index (χ4n) is 5.56. The van der Waals surface area contributed by atoms with E-state index in [9.17, 15) is 9.59 Å². The van der Waals surface area contributed by atoms with Crippen LogP contribution in [-0.2, 0) is 16.8 Å². The molecular weight excluding hydrogens is 502 g/mol. The summed E-state index contributed by atoms with van der Waals surface area (Å²) in [5.41, 5.74) is 3.48. The molecule has 2 aliphatic heterocycles. The van der Waals surface area contributed by atoms with Crippen LogP contribution in [0.15, 0.2) is 53.1 Å². The van der Waals surface area contributed by atoms with Crippen molar-refractivity contribution in [3.63, 3.8) is 0 Å². The zero-order chi connectivity index (χ0) is 28.1. The Kier molecular flexibility index (Phi) is 8.64. The summed E-state index contributed by atoms with van der Waals surface area (Å²) in [5, 5.41) is 7.26. The number of likely N-dealkylation sites (tertiary alicyclic amines) is 2. The zero-order valence-corrected chi connectivity index (χ0v) is 24.0. The second-order valence-electron chi connectivity index (χ2n) is 12.1. The lowest BCUT2D eigenvalue weighted by Crippen LogP contribution is -2.38. The second-order valence-corrected chi connectivity index (χ2v) is 12.1. The Balaban J connectivity index is 1.14. The van der Waals surface area contributed by atoms with Gasteiger partial charge in [-0.15, -0.1) is 0 Å². The lowest BCUT2D eigenvalue weighted by atomic mass is 9.87. The van der Waals surface area contributed by atoms with E-state index in [2.05, 4.69) is 53.3 Å². The molecule has 8 heteroatoms. The van der Waals surface area contributed by atoms with Crippen molar-refractivity contribution in [1.82, 2.24) is 19.9 Å². The molecule has 1 N–H and O–H groups in total. The highest BCUT2D eigenvalue weighted by Crippen LogP contribution is 2.27. The monoisotopic (exact) mass is 543 g/mol. The normalized spacial score (nSPS) is 17.4. The number of carbonyl (C=O) groups is 2. The highest BCUT2D eigenvalue weighted by atomic mass is 16.5. The first-order valence-corrected chi connectivity index (χ1v) is 14.6. The van der Waals surface area contributed by atoms with Gasteiger partial charge in [-0.2, -0.15) is 4.98 Å². The Labute approximate surface area is 237 Å². The predicted molar refractivity (Wildman–Crippen MR) is 156 cm³/mol. The topological polar surface area (TPSA) is 91.6 Å². The number of hydrogen-bond donors (Lipinski definition) is 1. The van der Waals surface area contributed by atoms with E-state index in [-0.39, 0.29) is 23.1 Å². The van der Waals surface area contributed by atoms with Crippen molar-refractivity contribution in [2.24, 2.45) is 5.92 Å². The van der Waals surface area contributed by atoms with Crippen LogP contribution in [0.4, 0.5) is 5.69 Å². The number of hydrogen-bond acceptors (Lipinski definition) is 6. The minimum Gasteiger partial charge on any atom is -0.339 e. The Bertz CT molecular complexity index is 1290. The van der Waals surface area contributed by atoms with Crippen LogP contribution >= 0.6 is 0 Å². The third-order valence-corrected chi connectivity index (χ3v) is 8.10. The van der Waals surface area contributed by atoms with Gasteiger partial charge in [0, 0.05) is 24.6 Å². The molecule has 212 valence electrons. The molecule has 2 saturated heterocycles. The first-order chi connectivity index (χ1) is 19.3. The van der Waals surface area contributed by atoms with E-state index in [1.807, 2.05) is 41.3 Å². The van der Waals surface area contributed by atoms with Crippen molar-refractivity contribution < 1.29 is 14.1 Å². The number of para-hydroxylation sites is 1. The number of piperidine rings is 1. The summed E-state index contributed by atoms with van der Waals surface area (Å²) in [4.78, 5) is 35.2. The molecule has 1 aromatic heterocycles. The summed E-state index contributed by atoms with van der Waals surface area (Å²) < 4.78 is 5.55. The third-order valence-electron chi connectivity index (χ3n) is 8.10.